The molecule has 1 unspecified atom stereocenters. The maximum Gasteiger partial charge on any atom is 0.377 e. The van der Waals surface area contributed by atoms with Gasteiger partial charge >= 0.3 is 5.91 Å². The molecule has 1 fully saturated rings. The first kappa shape index (κ1) is 16.9. The maximum absolute atomic E-state index is 12.0. The van der Waals surface area contributed by atoms with Crippen LogP contribution < -0.4 is 0 Å². The smallest absolute Gasteiger partial charge is 0.231 e. The Bertz CT molecular complexity index is 346. The fourth-order valence-electron chi connectivity index (χ4n) is 2.82. The summed E-state index contributed by atoms with van der Waals surface area (Å²) >= 11 is 0. The zero-order chi connectivity index (χ0) is 14.8. The number of nitrogens with zero attached hydrogens (tertiary/aromatic N) is 1. The third-order valence-electron chi connectivity index (χ3n) is 4.11. The third kappa shape index (κ3) is 4.45. The van der Waals surface area contributed by atoms with Crippen LogP contribution >= 0.6 is 0 Å². The summed E-state index contributed by atoms with van der Waals surface area (Å²) in [5, 5.41) is 0. The van der Waals surface area contributed by atoms with Gasteiger partial charge < -0.3 is 0 Å². The average Bonchev–Trinajstić information content (AvgIpc) is 2.97. The molecule has 1 aliphatic heterocycles. The van der Waals surface area contributed by atoms with Crippen molar-refractivity contribution in [3.05, 3.63) is 37.5 Å². The summed E-state index contributed by atoms with van der Waals surface area (Å²) in [6.07, 6.45) is 17.0. The van der Waals surface area contributed by atoms with Crippen LogP contribution in [0.15, 0.2) is 37.5 Å². The number of allylic oxidation sites excluding steroid dienone is 1. The molecule has 0 spiro atoms. The molecule has 1 saturated heterocycles. The molecule has 0 aliphatic carbocycles. The Balaban J connectivity index is 2.24. The van der Waals surface area contributed by atoms with Crippen molar-refractivity contribution in [3.8, 4) is 0 Å². The fourth-order valence-corrected chi connectivity index (χ4v) is 2.82. The van der Waals surface area contributed by atoms with Gasteiger partial charge in [-0.2, -0.15) is 0 Å². The van der Waals surface area contributed by atoms with Crippen molar-refractivity contribution < 1.29 is 9.28 Å². The Morgan fingerprint density at radius 1 is 1.05 bits per heavy atom. The summed E-state index contributed by atoms with van der Waals surface area (Å²) in [7, 11) is 0. The second kappa shape index (κ2) is 8.91. The molecule has 0 aromatic heterocycles. The molecule has 0 N–H and O–H groups in total. The van der Waals surface area contributed by atoms with E-state index in [0.29, 0.717) is 10.4 Å². The van der Waals surface area contributed by atoms with Gasteiger partial charge in [-0.05, 0) is 31.1 Å². The summed E-state index contributed by atoms with van der Waals surface area (Å²) in [4.78, 5) is 12.0. The van der Waals surface area contributed by atoms with Gasteiger partial charge in [0.1, 0.15) is 13.1 Å². The largest absolute Gasteiger partial charge is 0.377 e. The summed E-state index contributed by atoms with van der Waals surface area (Å²) in [6.45, 7) is 11.2. The van der Waals surface area contributed by atoms with Gasteiger partial charge in [0, 0.05) is 0 Å². The van der Waals surface area contributed by atoms with Crippen LogP contribution in [-0.2, 0) is 4.79 Å². The lowest BCUT2D eigenvalue weighted by Gasteiger charge is -2.11. The molecule has 20 heavy (non-hydrogen) atoms. The van der Waals surface area contributed by atoms with E-state index in [0.717, 1.165) is 19.5 Å². The Kier molecular flexibility index (Phi) is 7.53. The first-order valence-electron chi connectivity index (χ1n) is 8.02. The summed E-state index contributed by atoms with van der Waals surface area (Å²) in [6, 6.07) is 0.0473. The van der Waals surface area contributed by atoms with Crippen LogP contribution in [0.3, 0.4) is 0 Å². The molecular weight excluding hydrogens is 246 g/mol. The molecule has 1 aliphatic rings. The Morgan fingerprint density at radius 2 is 1.65 bits per heavy atom. The molecule has 1 atom stereocenters. The van der Waals surface area contributed by atoms with Crippen molar-refractivity contribution in [1.29, 1.82) is 0 Å². The first-order valence-corrected chi connectivity index (χ1v) is 8.02. The number of unbranched alkanes of at least 4 members (excludes halogenated alkanes) is 6. The van der Waals surface area contributed by atoms with E-state index < -0.39 is 0 Å². The van der Waals surface area contributed by atoms with Crippen LogP contribution in [0.2, 0.25) is 0 Å². The van der Waals surface area contributed by atoms with Crippen LogP contribution in [0.25, 0.3) is 0 Å². The molecule has 0 bridgehead atoms. The van der Waals surface area contributed by atoms with Crippen molar-refractivity contribution in [2.45, 2.75) is 57.9 Å². The normalized spacial score (nSPS) is 20.2. The quantitative estimate of drug-likeness (QED) is 0.224. The van der Waals surface area contributed by atoms with Crippen LogP contribution in [0.1, 0.15) is 51.9 Å². The molecule has 0 aromatic rings. The first-order chi connectivity index (χ1) is 9.72. The van der Waals surface area contributed by atoms with Gasteiger partial charge in [0.25, 0.3) is 0 Å². The van der Waals surface area contributed by atoms with E-state index in [1.807, 2.05) is 12.2 Å². The number of amides is 1. The second-order valence-corrected chi connectivity index (χ2v) is 5.74. The molecule has 2 nitrogen and oxygen atoms in total. The second-order valence-electron chi connectivity index (χ2n) is 5.74. The zero-order valence-corrected chi connectivity index (χ0v) is 13.0. The third-order valence-corrected chi connectivity index (χ3v) is 4.11. The van der Waals surface area contributed by atoms with Crippen LogP contribution in [0.5, 0.6) is 0 Å². The van der Waals surface area contributed by atoms with Crippen molar-refractivity contribution in [2.75, 3.05) is 13.1 Å². The summed E-state index contributed by atoms with van der Waals surface area (Å²) in [5.41, 5.74) is 0. The van der Waals surface area contributed by atoms with Gasteiger partial charge in [0.15, 0.2) is 0 Å². The van der Waals surface area contributed by atoms with Gasteiger partial charge in [-0.15, -0.1) is 0 Å². The van der Waals surface area contributed by atoms with E-state index in [1.165, 1.54) is 38.5 Å². The van der Waals surface area contributed by atoms with E-state index in [-0.39, 0.29) is 6.04 Å². The summed E-state index contributed by atoms with van der Waals surface area (Å²) in [5.74, 6) is 0.309. The summed E-state index contributed by atoms with van der Waals surface area (Å²) < 4.78 is 0.500. The van der Waals surface area contributed by atoms with Crippen LogP contribution in [0, 0.1) is 0 Å². The molecule has 112 valence electrons. The standard InChI is InChI=1S/C18H30NO/c1-4-7-8-9-10-11-12-13-14-17-18(20)19(17,15-5-2)16-6-3/h5-6,13-14,17H,2-4,7-12,15-16H2,1H3/q+1. The van der Waals surface area contributed by atoms with Gasteiger partial charge in [-0.3, -0.25) is 0 Å². The monoisotopic (exact) mass is 276 g/mol. The van der Waals surface area contributed by atoms with E-state index in [2.05, 4.69) is 32.2 Å². The predicted molar refractivity (Wildman–Crippen MR) is 86.3 cm³/mol. The molecule has 1 amide bonds. The highest BCUT2D eigenvalue weighted by atomic mass is 16.2. The number of carbonyl (C=O) groups is 1. The van der Waals surface area contributed by atoms with Crippen LogP contribution in [0.4, 0.5) is 0 Å². The Labute approximate surface area is 124 Å². The molecule has 0 saturated carbocycles. The van der Waals surface area contributed by atoms with Crippen molar-refractivity contribution in [2.24, 2.45) is 0 Å². The lowest BCUT2D eigenvalue weighted by Crippen LogP contribution is -2.29. The maximum atomic E-state index is 12.0. The Hall–Kier alpha value is -1.15. The van der Waals surface area contributed by atoms with E-state index in [1.54, 1.807) is 0 Å². The van der Waals surface area contributed by atoms with Gasteiger partial charge in [0.05, 0.1) is 0 Å². The number of quaternary nitrogens is 1. The average molecular weight is 276 g/mol. The number of rotatable bonds is 12. The molecule has 0 aromatic carbocycles. The minimum absolute atomic E-state index is 0.0473. The lowest BCUT2D eigenvalue weighted by molar-refractivity contribution is -0.758. The van der Waals surface area contributed by atoms with E-state index >= 15 is 0 Å². The SMILES string of the molecule is C=CC[N+]1(CC=C)C(=O)C1C=CCCCCCCCC. The fraction of sp³-hybridized carbons (Fsp3) is 0.611. The molecule has 1 rings (SSSR count). The van der Waals surface area contributed by atoms with Gasteiger partial charge in [-0.25, -0.2) is 9.28 Å². The Morgan fingerprint density at radius 3 is 2.25 bits per heavy atom. The molecule has 0 radical (unpaired) electrons. The predicted octanol–water partition coefficient (Wildman–Crippen LogP) is 4.39. The topological polar surface area (TPSA) is 17.1 Å². The molecule has 1 heterocycles. The lowest BCUT2D eigenvalue weighted by atomic mass is 10.1. The minimum atomic E-state index is 0.0473. The number of carbonyl (C=O) groups excluding carboxylic acids is 1. The van der Waals surface area contributed by atoms with Crippen molar-refractivity contribution in [3.63, 3.8) is 0 Å². The number of hydrogen-bond acceptors (Lipinski definition) is 1. The van der Waals surface area contributed by atoms with Gasteiger partial charge in [0.2, 0.25) is 6.04 Å². The molecule has 2 heteroatoms. The highest BCUT2D eigenvalue weighted by Gasteiger charge is 2.64. The van der Waals surface area contributed by atoms with E-state index in [4.69, 9.17) is 0 Å². The van der Waals surface area contributed by atoms with Crippen molar-refractivity contribution >= 4 is 5.91 Å². The zero-order valence-electron chi connectivity index (χ0n) is 13.0. The van der Waals surface area contributed by atoms with Gasteiger partial charge in [-0.1, -0.05) is 58.3 Å². The number of hydrogen-bond donors (Lipinski definition) is 0. The van der Waals surface area contributed by atoms with Crippen LogP contribution in [-0.4, -0.2) is 29.5 Å². The highest BCUT2D eigenvalue weighted by Crippen LogP contribution is 2.34. The van der Waals surface area contributed by atoms with E-state index in [9.17, 15) is 4.79 Å². The van der Waals surface area contributed by atoms with Crippen molar-refractivity contribution in [1.82, 2.24) is 0 Å². The minimum Gasteiger partial charge on any atom is -0.231 e. The molecular formula is C18H30NO+. The highest BCUT2D eigenvalue weighted by molar-refractivity contribution is 5.89.